The molecule has 0 saturated heterocycles. The van der Waals surface area contributed by atoms with Crippen LogP contribution < -0.4 is 5.32 Å². The fraction of sp³-hybridized carbons (Fsp3) is 0.368. The summed E-state index contributed by atoms with van der Waals surface area (Å²) in [4.78, 5) is 26.8. The molecule has 1 heterocycles. The maximum absolute atomic E-state index is 12.8. The number of sulfonamides is 1. The molecule has 1 N–H and O–H groups in total. The lowest BCUT2D eigenvalue weighted by atomic mass is 10.1. The molecule has 28 heavy (non-hydrogen) atoms. The van der Waals surface area contributed by atoms with E-state index in [2.05, 4.69) is 5.32 Å². The Bertz CT molecular complexity index is 882. The van der Waals surface area contributed by atoms with E-state index in [-0.39, 0.29) is 25.5 Å². The van der Waals surface area contributed by atoms with E-state index in [1.54, 1.807) is 19.1 Å². The van der Waals surface area contributed by atoms with E-state index < -0.39 is 22.0 Å². The predicted octanol–water partition coefficient (Wildman–Crippen LogP) is 1.20. The number of hydrogen-bond donors (Lipinski definition) is 1. The van der Waals surface area contributed by atoms with Crippen molar-refractivity contribution in [2.75, 3.05) is 19.8 Å². The SMILES string of the molecule is CC(C(=O)NCc1ccco1)N(Cc1ccccc1)C(=O)CN(C)S(C)(=O)=O. The van der Waals surface area contributed by atoms with Crippen LogP contribution in [0.2, 0.25) is 0 Å². The van der Waals surface area contributed by atoms with Gasteiger partial charge >= 0.3 is 0 Å². The van der Waals surface area contributed by atoms with Crippen LogP contribution in [0.15, 0.2) is 53.1 Å². The molecule has 0 fully saturated rings. The Kier molecular flexibility index (Phi) is 7.36. The fourth-order valence-electron chi connectivity index (χ4n) is 2.50. The van der Waals surface area contributed by atoms with Gasteiger partial charge in [-0.3, -0.25) is 9.59 Å². The van der Waals surface area contributed by atoms with Crippen LogP contribution in [0.3, 0.4) is 0 Å². The molecular weight excluding hydrogens is 382 g/mol. The molecule has 1 atom stereocenters. The largest absolute Gasteiger partial charge is 0.467 e. The highest BCUT2D eigenvalue weighted by Gasteiger charge is 2.28. The highest BCUT2D eigenvalue weighted by atomic mass is 32.2. The number of carbonyl (C=O) groups is 2. The first-order valence-corrected chi connectivity index (χ1v) is 10.6. The molecule has 2 amide bonds. The molecule has 1 aromatic heterocycles. The minimum atomic E-state index is -3.52. The van der Waals surface area contributed by atoms with Gasteiger partial charge in [0.2, 0.25) is 21.8 Å². The third-order valence-corrected chi connectivity index (χ3v) is 5.57. The van der Waals surface area contributed by atoms with Gasteiger partial charge < -0.3 is 14.6 Å². The Morgan fingerprint density at radius 2 is 1.82 bits per heavy atom. The third kappa shape index (κ3) is 6.21. The molecule has 0 radical (unpaired) electrons. The number of carbonyl (C=O) groups excluding carboxylic acids is 2. The lowest BCUT2D eigenvalue weighted by Gasteiger charge is -2.30. The third-order valence-electron chi connectivity index (χ3n) is 4.30. The van der Waals surface area contributed by atoms with Gasteiger partial charge in [0.05, 0.1) is 25.6 Å². The Labute approximate surface area is 165 Å². The zero-order valence-corrected chi connectivity index (χ0v) is 17.0. The van der Waals surface area contributed by atoms with Gasteiger partial charge in [-0.1, -0.05) is 30.3 Å². The van der Waals surface area contributed by atoms with E-state index in [1.807, 2.05) is 30.3 Å². The smallest absolute Gasteiger partial charge is 0.242 e. The van der Waals surface area contributed by atoms with E-state index in [0.717, 1.165) is 16.1 Å². The van der Waals surface area contributed by atoms with Crippen LogP contribution in [0, 0.1) is 0 Å². The van der Waals surface area contributed by atoms with E-state index in [1.165, 1.54) is 18.2 Å². The normalized spacial score (nSPS) is 12.6. The Hall–Kier alpha value is -2.65. The topological polar surface area (TPSA) is 99.9 Å². The lowest BCUT2D eigenvalue weighted by molar-refractivity contribution is -0.140. The average Bonchev–Trinajstić information content (AvgIpc) is 3.17. The number of nitrogens with one attached hydrogen (secondary N) is 1. The van der Waals surface area contributed by atoms with E-state index in [4.69, 9.17) is 4.42 Å². The van der Waals surface area contributed by atoms with Gasteiger partial charge in [-0.25, -0.2) is 8.42 Å². The number of nitrogens with zero attached hydrogens (tertiary/aromatic N) is 2. The molecular formula is C19H25N3O5S. The molecule has 9 heteroatoms. The van der Waals surface area contributed by atoms with Gasteiger partial charge in [-0.15, -0.1) is 0 Å². The molecule has 0 aliphatic carbocycles. The minimum Gasteiger partial charge on any atom is -0.467 e. The number of likely N-dealkylation sites (N-methyl/N-ethyl adjacent to an activating group) is 1. The van der Waals surface area contributed by atoms with Crippen molar-refractivity contribution in [2.45, 2.75) is 26.1 Å². The van der Waals surface area contributed by atoms with Crippen molar-refractivity contribution in [3.63, 3.8) is 0 Å². The summed E-state index contributed by atoms with van der Waals surface area (Å²) in [5.74, 6) is -0.224. The quantitative estimate of drug-likeness (QED) is 0.673. The second kappa shape index (κ2) is 9.52. The highest BCUT2D eigenvalue weighted by Crippen LogP contribution is 2.11. The summed E-state index contributed by atoms with van der Waals surface area (Å²) in [6.45, 7) is 1.65. The van der Waals surface area contributed by atoms with Crippen molar-refractivity contribution >= 4 is 21.8 Å². The van der Waals surface area contributed by atoms with Crippen LogP contribution in [-0.2, 0) is 32.7 Å². The van der Waals surface area contributed by atoms with E-state index in [9.17, 15) is 18.0 Å². The molecule has 0 aliphatic rings. The molecule has 2 aromatic rings. The molecule has 2 rings (SSSR count). The Morgan fingerprint density at radius 1 is 1.14 bits per heavy atom. The van der Waals surface area contributed by atoms with Crippen LogP contribution in [0.1, 0.15) is 18.2 Å². The van der Waals surface area contributed by atoms with Gasteiger partial charge in [0.1, 0.15) is 11.8 Å². The summed E-state index contributed by atoms with van der Waals surface area (Å²) in [6.07, 6.45) is 2.54. The summed E-state index contributed by atoms with van der Waals surface area (Å²) in [5, 5.41) is 2.73. The summed E-state index contributed by atoms with van der Waals surface area (Å²) >= 11 is 0. The number of benzene rings is 1. The molecule has 0 spiro atoms. The Morgan fingerprint density at radius 3 is 2.39 bits per heavy atom. The van der Waals surface area contributed by atoms with Gasteiger partial charge in [0.25, 0.3) is 0 Å². The molecule has 1 aromatic carbocycles. The van der Waals surface area contributed by atoms with Crippen molar-refractivity contribution in [1.29, 1.82) is 0 Å². The van der Waals surface area contributed by atoms with Crippen LogP contribution in [0.5, 0.6) is 0 Å². The van der Waals surface area contributed by atoms with Crippen molar-refractivity contribution in [1.82, 2.24) is 14.5 Å². The first kappa shape index (κ1) is 21.6. The van der Waals surface area contributed by atoms with Crippen LogP contribution in [0.25, 0.3) is 0 Å². The Balaban J connectivity index is 2.13. The van der Waals surface area contributed by atoms with Crippen molar-refractivity contribution in [3.8, 4) is 0 Å². The van der Waals surface area contributed by atoms with Crippen molar-refractivity contribution < 1.29 is 22.4 Å². The van der Waals surface area contributed by atoms with Crippen LogP contribution >= 0.6 is 0 Å². The summed E-state index contributed by atoms with van der Waals surface area (Å²) in [6, 6.07) is 11.9. The molecule has 0 aliphatic heterocycles. The second-order valence-electron chi connectivity index (χ2n) is 6.50. The average molecular weight is 407 g/mol. The minimum absolute atomic E-state index is 0.187. The van der Waals surface area contributed by atoms with Gasteiger partial charge in [-0.2, -0.15) is 4.31 Å². The first-order valence-electron chi connectivity index (χ1n) is 8.73. The second-order valence-corrected chi connectivity index (χ2v) is 8.59. The maximum Gasteiger partial charge on any atom is 0.242 e. The van der Waals surface area contributed by atoms with E-state index >= 15 is 0 Å². The zero-order valence-electron chi connectivity index (χ0n) is 16.2. The van der Waals surface area contributed by atoms with Gasteiger partial charge in [-0.05, 0) is 24.6 Å². The number of hydrogen-bond acceptors (Lipinski definition) is 5. The molecule has 1 unspecified atom stereocenters. The number of furan rings is 1. The molecule has 8 nitrogen and oxygen atoms in total. The number of amides is 2. The highest BCUT2D eigenvalue weighted by molar-refractivity contribution is 7.88. The van der Waals surface area contributed by atoms with Crippen LogP contribution in [0.4, 0.5) is 0 Å². The molecule has 152 valence electrons. The van der Waals surface area contributed by atoms with Gasteiger partial charge in [0, 0.05) is 13.6 Å². The lowest BCUT2D eigenvalue weighted by Crippen LogP contribution is -2.50. The fourth-order valence-corrected chi connectivity index (χ4v) is 2.84. The van der Waals surface area contributed by atoms with E-state index in [0.29, 0.717) is 5.76 Å². The van der Waals surface area contributed by atoms with Crippen molar-refractivity contribution in [2.24, 2.45) is 0 Å². The van der Waals surface area contributed by atoms with Gasteiger partial charge in [0.15, 0.2) is 0 Å². The predicted molar refractivity (Wildman–Crippen MR) is 104 cm³/mol. The van der Waals surface area contributed by atoms with Crippen molar-refractivity contribution in [3.05, 3.63) is 60.1 Å². The monoisotopic (exact) mass is 407 g/mol. The standard InChI is InChI=1S/C19H25N3O5S/c1-15(19(24)20-12-17-10-7-11-27-17)22(13-16-8-5-4-6-9-16)18(23)14-21(2)28(3,25)26/h4-11,15H,12-14H2,1-3H3,(H,20,24). The number of rotatable bonds is 9. The summed E-state index contributed by atoms with van der Waals surface area (Å²) < 4.78 is 29.4. The summed E-state index contributed by atoms with van der Waals surface area (Å²) in [5.41, 5.74) is 0.837. The van der Waals surface area contributed by atoms with Crippen LogP contribution in [-0.4, -0.2) is 55.3 Å². The summed E-state index contributed by atoms with van der Waals surface area (Å²) in [7, 11) is -2.19. The maximum atomic E-state index is 12.8. The molecule has 0 saturated carbocycles. The molecule has 0 bridgehead atoms. The zero-order chi connectivity index (χ0) is 20.7. The first-order chi connectivity index (χ1) is 13.2.